The minimum Gasteiger partial charge on any atom is -0.375 e. The van der Waals surface area contributed by atoms with Crippen molar-refractivity contribution in [2.75, 3.05) is 31.4 Å². The van der Waals surface area contributed by atoms with Gasteiger partial charge in [0.15, 0.2) is 9.84 Å². The summed E-state index contributed by atoms with van der Waals surface area (Å²) in [6.45, 7) is 2.60. The standard InChI is InChI=1S/C14H27NO3S2/c1-11(20(3,16)17)13(15-2)12-4-7-18-14(10-12)5-8-19-9-6-14/h11-13,15H,4-10H2,1-3H3. The van der Waals surface area contributed by atoms with Crippen molar-refractivity contribution in [3.05, 3.63) is 0 Å². The SMILES string of the molecule is CNC(C1CCOC2(CCSCC2)C1)C(C)S(C)(=O)=O. The average Bonchev–Trinajstić information content (AvgIpc) is 2.39. The second-order valence-electron chi connectivity index (χ2n) is 6.25. The molecule has 4 nitrogen and oxygen atoms in total. The fourth-order valence-electron chi connectivity index (χ4n) is 3.58. The van der Waals surface area contributed by atoms with Gasteiger partial charge in [0, 0.05) is 18.9 Å². The summed E-state index contributed by atoms with van der Waals surface area (Å²) in [6, 6.07) is 0.0281. The molecule has 0 aromatic heterocycles. The molecule has 3 atom stereocenters. The Morgan fingerprint density at radius 3 is 2.55 bits per heavy atom. The van der Waals surface area contributed by atoms with Crippen molar-refractivity contribution < 1.29 is 13.2 Å². The van der Waals surface area contributed by atoms with Gasteiger partial charge in [-0.1, -0.05) is 0 Å². The Morgan fingerprint density at radius 2 is 2.00 bits per heavy atom. The fraction of sp³-hybridized carbons (Fsp3) is 1.00. The van der Waals surface area contributed by atoms with Crippen LogP contribution in [0.15, 0.2) is 0 Å². The molecule has 1 spiro atoms. The van der Waals surface area contributed by atoms with E-state index in [0.29, 0.717) is 5.92 Å². The molecule has 0 bridgehead atoms. The van der Waals surface area contributed by atoms with Gasteiger partial charge in [0.2, 0.25) is 0 Å². The third kappa shape index (κ3) is 3.70. The first-order valence-corrected chi connectivity index (χ1v) is 10.6. The Bertz CT molecular complexity index is 413. The molecule has 1 N–H and O–H groups in total. The molecule has 2 aliphatic rings. The van der Waals surface area contributed by atoms with Gasteiger partial charge >= 0.3 is 0 Å². The zero-order chi connectivity index (χ0) is 14.8. The Hall–Kier alpha value is 0.220. The van der Waals surface area contributed by atoms with Gasteiger partial charge in [-0.05, 0) is 57.1 Å². The van der Waals surface area contributed by atoms with E-state index in [9.17, 15) is 8.42 Å². The van der Waals surface area contributed by atoms with Crippen LogP contribution < -0.4 is 5.32 Å². The number of hydrogen-bond donors (Lipinski definition) is 1. The number of ether oxygens (including phenoxy) is 1. The predicted molar refractivity (Wildman–Crippen MR) is 85.1 cm³/mol. The predicted octanol–water partition coefficient (Wildman–Crippen LogP) is 1.70. The number of thioether (sulfide) groups is 1. The summed E-state index contributed by atoms with van der Waals surface area (Å²) in [7, 11) is -1.13. The number of sulfone groups is 1. The van der Waals surface area contributed by atoms with Crippen LogP contribution in [0, 0.1) is 5.92 Å². The van der Waals surface area contributed by atoms with Crippen LogP contribution in [-0.2, 0) is 14.6 Å². The van der Waals surface area contributed by atoms with Gasteiger partial charge in [0.05, 0.1) is 10.9 Å². The zero-order valence-corrected chi connectivity index (χ0v) is 14.4. The summed E-state index contributed by atoms with van der Waals surface area (Å²) in [5.41, 5.74) is 0.0144. The quantitative estimate of drug-likeness (QED) is 0.854. The van der Waals surface area contributed by atoms with E-state index in [-0.39, 0.29) is 16.9 Å². The first kappa shape index (κ1) is 16.6. The highest BCUT2D eigenvalue weighted by atomic mass is 32.2. The number of hydrogen-bond acceptors (Lipinski definition) is 5. The zero-order valence-electron chi connectivity index (χ0n) is 12.7. The first-order valence-electron chi connectivity index (χ1n) is 7.46. The van der Waals surface area contributed by atoms with Crippen LogP contribution in [0.4, 0.5) is 0 Å². The van der Waals surface area contributed by atoms with Crippen LogP contribution in [0.1, 0.15) is 32.6 Å². The van der Waals surface area contributed by atoms with Crippen LogP contribution in [0.2, 0.25) is 0 Å². The molecule has 2 heterocycles. The Labute approximate surface area is 127 Å². The van der Waals surface area contributed by atoms with Crippen molar-refractivity contribution in [1.29, 1.82) is 0 Å². The molecule has 118 valence electrons. The Kier molecular flexibility index (Phi) is 5.43. The smallest absolute Gasteiger partial charge is 0.151 e. The second-order valence-corrected chi connectivity index (χ2v) is 9.87. The number of rotatable bonds is 4. The van der Waals surface area contributed by atoms with E-state index in [2.05, 4.69) is 5.32 Å². The summed E-state index contributed by atoms with van der Waals surface area (Å²) in [4.78, 5) is 0. The maximum absolute atomic E-state index is 11.9. The van der Waals surface area contributed by atoms with Crippen LogP contribution in [0.3, 0.4) is 0 Å². The summed E-state index contributed by atoms with van der Waals surface area (Å²) in [5.74, 6) is 2.72. The van der Waals surface area contributed by atoms with Crippen LogP contribution in [-0.4, -0.2) is 56.7 Å². The first-order chi connectivity index (χ1) is 9.38. The maximum Gasteiger partial charge on any atom is 0.151 e. The van der Waals surface area contributed by atoms with E-state index < -0.39 is 9.84 Å². The molecule has 3 unspecified atom stereocenters. The minimum atomic E-state index is -3.01. The molecule has 20 heavy (non-hydrogen) atoms. The highest BCUT2D eigenvalue weighted by molar-refractivity contribution is 7.99. The third-order valence-electron chi connectivity index (χ3n) is 4.96. The topological polar surface area (TPSA) is 55.4 Å². The third-order valence-corrected chi connectivity index (χ3v) is 7.59. The van der Waals surface area contributed by atoms with Gasteiger partial charge in [-0.3, -0.25) is 0 Å². The molecule has 2 saturated heterocycles. The van der Waals surface area contributed by atoms with E-state index >= 15 is 0 Å². The van der Waals surface area contributed by atoms with E-state index in [1.54, 1.807) is 0 Å². The van der Waals surface area contributed by atoms with E-state index in [4.69, 9.17) is 4.74 Å². The molecule has 0 aliphatic carbocycles. The maximum atomic E-state index is 11.9. The van der Waals surface area contributed by atoms with E-state index in [0.717, 1.165) is 32.3 Å². The summed E-state index contributed by atoms with van der Waals surface area (Å²) >= 11 is 2.00. The summed E-state index contributed by atoms with van der Waals surface area (Å²) in [6.07, 6.45) is 5.52. The molecule has 0 aromatic carbocycles. The molecule has 6 heteroatoms. The lowest BCUT2D eigenvalue weighted by atomic mass is 9.78. The van der Waals surface area contributed by atoms with Crippen LogP contribution in [0.5, 0.6) is 0 Å². The van der Waals surface area contributed by atoms with Crippen molar-refractivity contribution in [1.82, 2.24) is 5.32 Å². The molecular weight excluding hydrogens is 294 g/mol. The van der Waals surface area contributed by atoms with Gasteiger partial charge in [0.1, 0.15) is 0 Å². The van der Waals surface area contributed by atoms with Crippen molar-refractivity contribution in [2.24, 2.45) is 5.92 Å². The fourth-order valence-corrected chi connectivity index (χ4v) is 5.71. The molecule has 0 radical (unpaired) electrons. The molecular formula is C14H27NO3S2. The van der Waals surface area contributed by atoms with Gasteiger partial charge in [-0.15, -0.1) is 0 Å². The van der Waals surface area contributed by atoms with Gasteiger partial charge in [0.25, 0.3) is 0 Å². The monoisotopic (exact) mass is 321 g/mol. The van der Waals surface area contributed by atoms with Gasteiger partial charge in [-0.2, -0.15) is 11.8 Å². The van der Waals surface area contributed by atoms with Gasteiger partial charge < -0.3 is 10.1 Å². The van der Waals surface area contributed by atoms with Crippen molar-refractivity contribution in [3.8, 4) is 0 Å². The normalized spacial score (nSPS) is 30.1. The molecule has 0 aromatic rings. The Balaban J connectivity index is 2.10. The summed E-state index contributed by atoms with van der Waals surface area (Å²) in [5, 5.41) is 2.92. The van der Waals surface area contributed by atoms with E-state index in [1.165, 1.54) is 17.8 Å². The average molecular weight is 322 g/mol. The Morgan fingerprint density at radius 1 is 1.35 bits per heavy atom. The van der Waals surface area contributed by atoms with Crippen molar-refractivity contribution in [2.45, 2.75) is 49.5 Å². The molecule has 2 fully saturated rings. The number of nitrogens with one attached hydrogen (secondary N) is 1. The lowest BCUT2D eigenvalue weighted by Gasteiger charge is -2.46. The van der Waals surface area contributed by atoms with Gasteiger partial charge in [-0.25, -0.2) is 8.42 Å². The molecule has 2 aliphatic heterocycles. The van der Waals surface area contributed by atoms with Crippen LogP contribution in [0.25, 0.3) is 0 Å². The largest absolute Gasteiger partial charge is 0.375 e. The lowest BCUT2D eigenvalue weighted by Crippen LogP contribution is -2.52. The summed E-state index contributed by atoms with van der Waals surface area (Å²) < 4.78 is 29.8. The molecule has 0 amide bonds. The van der Waals surface area contributed by atoms with E-state index in [1.807, 2.05) is 25.7 Å². The molecule has 2 rings (SSSR count). The lowest BCUT2D eigenvalue weighted by molar-refractivity contribution is -0.106. The minimum absolute atomic E-state index is 0.0144. The van der Waals surface area contributed by atoms with Crippen molar-refractivity contribution in [3.63, 3.8) is 0 Å². The van der Waals surface area contributed by atoms with Crippen LogP contribution >= 0.6 is 11.8 Å². The second kappa shape index (κ2) is 6.55. The molecule has 0 saturated carbocycles. The highest BCUT2D eigenvalue weighted by Crippen LogP contribution is 2.41. The highest BCUT2D eigenvalue weighted by Gasteiger charge is 2.43. The van der Waals surface area contributed by atoms with Crippen molar-refractivity contribution >= 4 is 21.6 Å².